The predicted octanol–water partition coefficient (Wildman–Crippen LogP) is 6.15. The van der Waals surface area contributed by atoms with Crippen LogP contribution in [-0.2, 0) is 17.8 Å². The largest absolute Gasteiger partial charge is 0.478 e. The lowest BCUT2D eigenvalue weighted by Gasteiger charge is -2.12. The summed E-state index contributed by atoms with van der Waals surface area (Å²) in [5.41, 5.74) is 8.40. The van der Waals surface area contributed by atoms with Crippen LogP contribution in [0.1, 0.15) is 46.1 Å². The van der Waals surface area contributed by atoms with Crippen molar-refractivity contribution in [2.75, 3.05) is 13.7 Å². The van der Waals surface area contributed by atoms with Crippen LogP contribution in [0.15, 0.2) is 73.2 Å². The molecule has 0 saturated heterocycles. The lowest BCUT2D eigenvalue weighted by Crippen LogP contribution is -2.04. The molecule has 38 heavy (non-hydrogen) atoms. The maximum absolute atomic E-state index is 11.7. The van der Waals surface area contributed by atoms with Crippen LogP contribution in [0.25, 0.3) is 33.4 Å². The van der Waals surface area contributed by atoms with E-state index in [0.717, 1.165) is 56.9 Å². The molecule has 0 radical (unpaired) electrons. The average molecular weight is 507 g/mol. The lowest BCUT2D eigenvalue weighted by atomic mass is 9.98. The number of hydrogen-bond donors (Lipinski definition) is 1. The van der Waals surface area contributed by atoms with E-state index >= 15 is 0 Å². The smallest absolute Gasteiger partial charge is 0.336 e. The Bertz CT molecular complexity index is 1630. The Morgan fingerprint density at radius 3 is 2.61 bits per heavy atom. The molecule has 192 valence electrons. The first-order valence-electron chi connectivity index (χ1n) is 13.0. The average Bonchev–Trinajstić information content (AvgIpc) is 3.55. The Balaban J connectivity index is 1.36. The zero-order chi connectivity index (χ0) is 26.2. The number of fused-ring (bicyclic) bond motifs is 1. The van der Waals surface area contributed by atoms with E-state index in [1.54, 1.807) is 19.2 Å². The molecule has 7 nitrogen and oxygen atoms in total. The van der Waals surface area contributed by atoms with Gasteiger partial charge in [0.2, 0.25) is 0 Å². The highest BCUT2D eigenvalue weighted by atomic mass is 16.5. The number of imidazole rings is 2. The third-order valence-electron chi connectivity index (χ3n) is 7.26. The molecule has 1 N–H and O–H groups in total. The standard InChI is InChI=1S/C31H30N4O3/c1-20-15-24(27-18-34(19-32-27)13-14-38-2)16-28-29(20)33-30(23-11-12-23)35(28)17-21-7-9-22(10-8-21)25-5-3-4-6-26(25)31(36)37/h3-10,15-16,18-19,23H,11-14,17H2,1-2H3,(H,36,37). The second-order valence-corrected chi connectivity index (χ2v) is 10.0. The molecule has 6 rings (SSSR count). The monoisotopic (exact) mass is 506 g/mol. The molecule has 2 heterocycles. The van der Waals surface area contributed by atoms with Gasteiger partial charge in [0.05, 0.1) is 35.2 Å². The summed E-state index contributed by atoms with van der Waals surface area (Å²) < 4.78 is 9.61. The maximum Gasteiger partial charge on any atom is 0.336 e. The van der Waals surface area contributed by atoms with Gasteiger partial charge in [-0.3, -0.25) is 0 Å². The van der Waals surface area contributed by atoms with Crippen LogP contribution in [0.5, 0.6) is 0 Å². The first kappa shape index (κ1) is 24.1. The van der Waals surface area contributed by atoms with E-state index in [1.165, 1.54) is 12.8 Å². The summed E-state index contributed by atoms with van der Waals surface area (Å²) in [6.45, 7) is 4.23. The van der Waals surface area contributed by atoms with Gasteiger partial charge in [-0.25, -0.2) is 14.8 Å². The lowest BCUT2D eigenvalue weighted by molar-refractivity contribution is 0.0697. The molecule has 0 amide bonds. The SMILES string of the molecule is COCCn1cnc(-c2cc(C)c3nc(C4CC4)n(Cc4ccc(-c5ccccc5C(=O)O)cc4)c3c2)c1. The maximum atomic E-state index is 11.7. The van der Waals surface area contributed by atoms with Crippen LogP contribution in [0.2, 0.25) is 0 Å². The number of aromatic nitrogens is 4. The number of carbonyl (C=O) groups is 1. The van der Waals surface area contributed by atoms with E-state index in [0.29, 0.717) is 24.6 Å². The molecule has 1 aliphatic rings. The zero-order valence-corrected chi connectivity index (χ0v) is 21.6. The molecule has 0 atom stereocenters. The third kappa shape index (κ3) is 4.61. The molecule has 1 fully saturated rings. The van der Waals surface area contributed by atoms with Crippen molar-refractivity contribution in [3.63, 3.8) is 0 Å². The highest BCUT2D eigenvalue weighted by Crippen LogP contribution is 2.42. The van der Waals surface area contributed by atoms with Gasteiger partial charge in [0.15, 0.2) is 0 Å². The minimum atomic E-state index is -0.918. The van der Waals surface area contributed by atoms with Gasteiger partial charge in [0.1, 0.15) is 5.82 Å². The van der Waals surface area contributed by atoms with Crippen LogP contribution in [0, 0.1) is 6.92 Å². The normalized spacial score (nSPS) is 13.3. The third-order valence-corrected chi connectivity index (χ3v) is 7.26. The van der Waals surface area contributed by atoms with Crippen molar-refractivity contribution in [1.82, 2.24) is 19.1 Å². The molecular formula is C31H30N4O3. The summed E-state index contributed by atoms with van der Waals surface area (Å²) in [5.74, 6) is 0.727. The molecule has 2 aromatic heterocycles. The number of rotatable bonds is 9. The first-order chi connectivity index (χ1) is 18.5. The number of benzene rings is 3. The molecule has 0 spiro atoms. The molecule has 5 aromatic rings. The quantitative estimate of drug-likeness (QED) is 0.259. The fraction of sp³-hybridized carbons (Fsp3) is 0.258. The van der Waals surface area contributed by atoms with E-state index in [-0.39, 0.29) is 0 Å². The van der Waals surface area contributed by atoms with Crippen LogP contribution in [-0.4, -0.2) is 43.9 Å². The highest BCUT2D eigenvalue weighted by molar-refractivity contribution is 5.96. The van der Waals surface area contributed by atoms with E-state index in [4.69, 9.17) is 9.72 Å². The molecule has 1 saturated carbocycles. The van der Waals surface area contributed by atoms with Crippen molar-refractivity contribution >= 4 is 17.0 Å². The predicted molar refractivity (Wildman–Crippen MR) is 147 cm³/mol. The van der Waals surface area contributed by atoms with Gasteiger partial charge in [0.25, 0.3) is 0 Å². The molecular weight excluding hydrogens is 476 g/mol. The number of nitrogens with zero attached hydrogens (tertiary/aromatic N) is 4. The molecule has 0 aliphatic heterocycles. The Labute approximate surface area is 221 Å². The van der Waals surface area contributed by atoms with Gasteiger partial charge in [0, 0.05) is 37.9 Å². The van der Waals surface area contributed by atoms with Crippen molar-refractivity contribution in [3.8, 4) is 22.4 Å². The summed E-state index contributed by atoms with van der Waals surface area (Å²) in [5, 5.41) is 9.59. The Hall–Kier alpha value is -4.23. The summed E-state index contributed by atoms with van der Waals surface area (Å²) in [7, 11) is 1.70. The van der Waals surface area contributed by atoms with Crippen molar-refractivity contribution in [2.24, 2.45) is 0 Å². The number of carboxylic acids is 1. The van der Waals surface area contributed by atoms with E-state index in [2.05, 4.69) is 51.5 Å². The molecule has 0 unspecified atom stereocenters. The van der Waals surface area contributed by atoms with Crippen molar-refractivity contribution < 1.29 is 14.6 Å². The number of hydrogen-bond acceptors (Lipinski definition) is 4. The van der Waals surface area contributed by atoms with Crippen LogP contribution in [0.3, 0.4) is 0 Å². The molecule has 0 bridgehead atoms. The second kappa shape index (κ2) is 9.91. The van der Waals surface area contributed by atoms with E-state index in [1.807, 2.05) is 30.6 Å². The van der Waals surface area contributed by atoms with Gasteiger partial charge >= 0.3 is 5.97 Å². The number of methoxy groups -OCH3 is 1. The van der Waals surface area contributed by atoms with Gasteiger partial charge in [-0.15, -0.1) is 0 Å². The topological polar surface area (TPSA) is 82.2 Å². The number of carboxylic acid groups (broad SMARTS) is 1. The van der Waals surface area contributed by atoms with E-state index < -0.39 is 5.97 Å². The second-order valence-electron chi connectivity index (χ2n) is 10.0. The summed E-state index contributed by atoms with van der Waals surface area (Å²) in [4.78, 5) is 21.4. The summed E-state index contributed by atoms with van der Waals surface area (Å²) in [6.07, 6.45) is 6.26. The van der Waals surface area contributed by atoms with Crippen LogP contribution < -0.4 is 0 Å². The van der Waals surface area contributed by atoms with Crippen molar-refractivity contribution in [3.05, 3.63) is 95.7 Å². The van der Waals surface area contributed by atoms with Gasteiger partial charge < -0.3 is 19.0 Å². The molecule has 3 aromatic carbocycles. The number of ether oxygens (including phenoxy) is 1. The fourth-order valence-electron chi connectivity index (χ4n) is 5.10. The first-order valence-corrected chi connectivity index (χ1v) is 13.0. The fourth-order valence-corrected chi connectivity index (χ4v) is 5.10. The Morgan fingerprint density at radius 2 is 1.87 bits per heavy atom. The zero-order valence-electron chi connectivity index (χ0n) is 21.6. The van der Waals surface area contributed by atoms with E-state index in [9.17, 15) is 9.90 Å². The molecule has 7 heteroatoms. The number of aryl methyl sites for hydroxylation is 1. The van der Waals surface area contributed by atoms with Crippen molar-refractivity contribution in [2.45, 2.75) is 38.8 Å². The molecule has 1 aliphatic carbocycles. The highest BCUT2D eigenvalue weighted by Gasteiger charge is 2.30. The minimum Gasteiger partial charge on any atom is -0.478 e. The number of aromatic carboxylic acids is 1. The minimum absolute atomic E-state index is 0.310. The van der Waals surface area contributed by atoms with Crippen LogP contribution >= 0.6 is 0 Å². The van der Waals surface area contributed by atoms with Gasteiger partial charge in [-0.2, -0.15) is 0 Å². The Kier molecular flexibility index (Phi) is 6.29. The van der Waals surface area contributed by atoms with Gasteiger partial charge in [-0.1, -0.05) is 42.5 Å². The van der Waals surface area contributed by atoms with Crippen molar-refractivity contribution in [1.29, 1.82) is 0 Å². The van der Waals surface area contributed by atoms with Gasteiger partial charge in [-0.05, 0) is 60.2 Å². The summed E-state index contributed by atoms with van der Waals surface area (Å²) in [6, 6.07) is 19.7. The van der Waals surface area contributed by atoms with Crippen LogP contribution in [0.4, 0.5) is 0 Å². The Morgan fingerprint density at radius 1 is 1.08 bits per heavy atom. The summed E-state index contributed by atoms with van der Waals surface area (Å²) >= 11 is 0.